The number of hydrogen-bond donors (Lipinski definition) is 0. The highest BCUT2D eigenvalue weighted by Gasteiger charge is 2.27. The lowest BCUT2D eigenvalue weighted by Gasteiger charge is -2.22. The van der Waals surface area contributed by atoms with E-state index in [1.54, 1.807) is 0 Å². The van der Waals surface area contributed by atoms with Crippen LogP contribution in [0.2, 0.25) is 0 Å². The van der Waals surface area contributed by atoms with Gasteiger partial charge in [-0.15, -0.1) is 11.3 Å². The summed E-state index contributed by atoms with van der Waals surface area (Å²) in [7, 11) is 0. The molecule has 65 heavy (non-hydrogen) atoms. The van der Waals surface area contributed by atoms with Crippen molar-refractivity contribution >= 4 is 125 Å². The summed E-state index contributed by atoms with van der Waals surface area (Å²) in [6.07, 6.45) is 3.07. The van der Waals surface area contributed by atoms with Crippen molar-refractivity contribution in [3.8, 4) is 5.69 Å². The standard InChI is InChI=1S/C59H38N4OS/c1-35-29-30-45(57-49(31-32-52-56(57)41-20-7-12-26-51(41)64-52)62-46-23-9-6-19-40(46)44-33-36-15-2-3-16-37(36)34-50(44)62)60-58(43-22-14-28-54-55(43)42-21-8-13-27-53(42)65-54)61-59(35)63-47-24-10-4-17-38(47)39-18-5-11-25-48(39)63/h2-28,30-35H,29H2,1H3/b45-30+,60-58-,61-59+. The maximum absolute atomic E-state index is 6.71. The zero-order valence-corrected chi connectivity index (χ0v) is 36.2. The van der Waals surface area contributed by atoms with Crippen molar-refractivity contribution in [1.29, 1.82) is 0 Å². The first kappa shape index (κ1) is 36.4. The molecule has 5 nitrogen and oxygen atoms in total. The molecule has 306 valence electrons. The Labute approximate surface area is 377 Å². The molecule has 1 aliphatic rings. The van der Waals surface area contributed by atoms with E-state index in [-0.39, 0.29) is 5.92 Å². The Morgan fingerprint density at radius 1 is 0.492 bits per heavy atom. The van der Waals surface area contributed by atoms with E-state index in [4.69, 9.17) is 14.4 Å². The number of furan rings is 1. The Morgan fingerprint density at radius 3 is 1.88 bits per heavy atom. The van der Waals surface area contributed by atoms with Gasteiger partial charge in [-0.2, -0.15) is 0 Å². The Morgan fingerprint density at radius 2 is 1.11 bits per heavy atom. The molecule has 9 aromatic carbocycles. The first-order valence-corrected chi connectivity index (χ1v) is 23.1. The van der Waals surface area contributed by atoms with E-state index >= 15 is 0 Å². The van der Waals surface area contributed by atoms with E-state index in [1.807, 2.05) is 17.4 Å². The van der Waals surface area contributed by atoms with Gasteiger partial charge in [-0.05, 0) is 77.9 Å². The summed E-state index contributed by atoms with van der Waals surface area (Å²) in [6, 6.07) is 67.7. The fraction of sp³-hybridized carbons (Fsp3) is 0.0508. The van der Waals surface area contributed by atoms with Crippen LogP contribution in [0.3, 0.4) is 0 Å². The van der Waals surface area contributed by atoms with Gasteiger partial charge < -0.3 is 8.98 Å². The molecule has 0 bridgehead atoms. The number of nitrogens with zero attached hydrogens (tertiary/aromatic N) is 4. The summed E-state index contributed by atoms with van der Waals surface area (Å²) in [4.78, 5) is 11.8. The molecule has 0 aliphatic carbocycles. The molecule has 1 atom stereocenters. The molecular weight excluding hydrogens is 813 g/mol. The molecule has 0 N–H and O–H groups in total. The van der Waals surface area contributed by atoms with Gasteiger partial charge in [-0.25, -0.2) is 9.98 Å². The second-order valence-corrected chi connectivity index (χ2v) is 18.4. The van der Waals surface area contributed by atoms with Gasteiger partial charge in [0.15, 0.2) is 5.84 Å². The smallest absolute Gasteiger partial charge is 0.162 e. The minimum Gasteiger partial charge on any atom is -0.456 e. The van der Waals surface area contributed by atoms with Crippen LogP contribution in [0.1, 0.15) is 24.5 Å². The van der Waals surface area contributed by atoms with E-state index in [1.165, 1.54) is 52.5 Å². The van der Waals surface area contributed by atoms with Gasteiger partial charge in [-0.3, -0.25) is 4.57 Å². The van der Waals surface area contributed by atoms with Gasteiger partial charge in [0.25, 0.3) is 0 Å². The van der Waals surface area contributed by atoms with Crippen molar-refractivity contribution in [1.82, 2.24) is 9.13 Å². The van der Waals surface area contributed by atoms with Crippen molar-refractivity contribution in [2.75, 3.05) is 0 Å². The summed E-state index contributed by atoms with van der Waals surface area (Å²) in [5.41, 5.74) is 10.2. The van der Waals surface area contributed by atoms with Crippen LogP contribution in [0.15, 0.2) is 209 Å². The molecule has 14 rings (SSSR count). The number of benzene rings is 9. The number of thiophene rings is 1. The lowest BCUT2D eigenvalue weighted by molar-refractivity contribution is 0.669. The molecule has 4 aromatic heterocycles. The van der Waals surface area contributed by atoms with Crippen LogP contribution in [0.25, 0.3) is 108 Å². The van der Waals surface area contributed by atoms with Crippen LogP contribution in [-0.4, -0.2) is 20.8 Å². The van der Waals surface area contributed by atoms with E-state index in [0.717, 1.165) is 72.4 Å². The van der Waals surface area contributed by atoms with Crippen LogP contribution in [-0.2, 0) is 0 Å². The molecule has 1 aliphatic heterocycles. The third-order valence-electron chi connectivity index (χ3n) is 13.6. The fourth-order valence-electron chi connectivity index (χ4n) is 10.6. The van der Waals surface area contributed by atoms with E-state index < -0.39 is 0 Å². The van der Waals surface area contributed by atoms with E-state index in [2.05, 4.69) is 204 Å². The van der Waals surface area contributed by atoms with Gasteiger partial charge >= 0.3 is 0 Å². The minimum atomic E-state index is 0.0106. The summed E-state index contributed by atoms with van der Waals surface area (Å²) in [5.74, 6) is 1.66. The third-order valence-corrected chi connectivity index (χ3v) is 14.7. The Bertz CT molecular complexity index is 4190. The van der Waals surface area contributed by atoms with E-state index in [0.29, 0.717) is 12.3 Å². The Balaban J connectivity index is 1.12. The lowest BCUT2D eigenvalue weighted by Crippen LogP contribution is -2.23. The van der Waals surface area contributed by atoms with Gasteiger partial charge in [0.2, 0.25) is 0 Å². The molecule has 0 saturated heterocycles. The van der Waals surface area contributed by atoms with Gasteiger partial charge in [0, 0.05) is 69.5 Å². The first-order valence-electron chi connectivity index (χ1n) is 22.3. The summed E-state index contributed by atoms with van der Waals surface area (Å²) >= 11 is 1.82. The molecule has 1 unspecified atom stereocenters. The second-order valence-electron chi connectivity index (χ2n) is 17.3. The highest BCUT2D eigenvalue weighted by molar-refractivity contribution is 7.25. The van der Waals surface area contributed by atoms with Crippen LogP contribution < -0.4 is 0 Å². The first-order chi connectivity index (χ1) is 32.2. The maximum atomic E-state index is 6.71. The number of aromatic nitrogens is 2. The second kappa shape index (κ2) is 14.0. The minimum absolute atomic E-state index is 0.0106. The van der Waals surface area contributed by atoms with Crippen LogP contribution >= 0.6 is 11.3 Å². The predicted molar refractivity (Wildman–Crippen MR) is 275 cm³/mol. The zero-order valence-electron chi connectivity index (χ0n) is 35.4. The van der Waals surface area contributed by atoms with Crippen molar-refractivity contribution < 1.29 is 4.42 Å². The predicted octanol–water partition coefficient (Wildman–Crippen LogP) is 16.1. The van der Waals surface area contributed by atoms with Crippen LogP contribution in [0, 0.1) is 5.92 Å². The molecule has 0 amide bonds. The van der Waals surface area contributed by atoms with Gasteiger partial charge in [0.1, 0.15) is 17.0 Å². The van der Waals surface area contributed by atoms with Crippen molar-refractivity contribution in [3.05, 3.63) is 205 Å². The van der Waals surface area contributed by atoms with Crippen molar-refractivity contribution in [3.63, 3.8) is 0 Å². The SMILES string of the molecule is CC1C/C=C(c2c(-n3c4ccccc4c4cc5ccccc5cc43)ccc3oc4ccccc4c23)/N=C(c2cccc3sc4ccccc4c23)\N=C/1n1c2ccccc2c2ccccc21. The largest absolute Gasteiger partial charge is 0.456 e. The fourth-order valence-corrected chi connectivity index (χ4v) is 11.8. The number of amidine groups is 1. The summed E-state index contributed by atoms with van der Waals surface area (Å²) in [6.45, 7) is 2.31. The normalized spacial score (nSPS) is 17.3. The number of rotatable bonds is 3. The number of hydrogen-bond acceptors (Lipinski definition) is 4. The highest BCUT2D eigenvalue weighted by Crippen LogP contribution is 2.44. The van der Waals surface area contributed by atoms with Gasteiger partial charge in [-0.1, -0.05) is 140 Å². The monoisotopic (exact) mass is 850 g/mol. The van der Waals surface area contributed by atoms with Gasteiger partial charge in [0.05, 0.1) is 33.5 Å². The zero-order chi connectivity index (χ0) is 42.8. The van der Waals surface area contributed by atoms with Crippen molar-refractivity contribution in [2.24, 2.45) is 15.9 Å². The molecule has 6 heteroatoms. The molecule has 0 radical (unpaired) electrons. The van der Waals surface area contributed by atoms with Crippen molar-refractivity contribution in [2.45, 2.75) is 13.3 Å². The molecule has 5 heterocycles. The average molecular weight is 851 g/mol. The molecular formula is C59H38N4OS. The maximum Gasteiger partial charge on any atom is 0.162 e. The quantitative estimate of drug-likeness (QED) is 0.175. The molecule has 0 spiro atoms. The topological polar surface area (TPSA) is 47.7 Å². The molecule has 0 fully saturated rings. The van der Waals surface area contributed by atoms with Crippen LogP contribution in [0.5, 0.6) is 0 Å². The summed E-state index contributed by atoms with van der Waals surface area (Å²) in [5, 5.41) is 11.7. The lowest BCUT2D eigenvalue weighted by atomic mass is 9.97. The highest BCUT2D eigenvalue weighted by atomic mass is 32.1. The number of aliphatic imine (C=N–C) groups is 2. The van der Waals surface area contributed by atoms with E-state index in [9.17, 15) is 0 Å². The Hall–Kier alpha value is -8.06. The Kier molecular flexibility index (Phi) is 7.83. The summed E-state index contributed by atoms with van der Waals surface area (Å²) < 4.78 is 14.0. The average Bonchev–Trinajstić information content (AvgIpc) is 4.10. The molecule has 13 aromatic rings. The number of para-hydroxylation sites is 4. The van der Waals surface area contributed by atoms with Crippen LogP contribution in [0.4, 0.5) is 0 Å². The number of fused-ring (bicyclic) bond motifs is 13. The third kappa shape index (κ3) is 5.38. The molecule has 0 saturated carbocycles. The number of allylic oxidation sites excluding steroid dienone is 1.